The lowest BCUT2D eigenvalue weighted by molar-refractivity contribution is 0.158. The van der Waals surface area contributed by atoms with Gasteiger partial charge in [-0.15, -0.1) is 0 Å². The first kappa shape index (κ1) is 21.8. The summed E-state index contributed by atoms with van der Waals surface area (Å²) in [6.45, 7) is 2.17. The van der Waals surface area contributed by atoms with Gasteiger partial charge in [-0.25, -0.2) is 29.1 Å². The Labute approximate surface area is 200 Å². The third-order valence-corrected chi connectivity index (χ3v) is 6.11. The van der Waals surface area contributed by atoms with E-state index in [1.165, 1.54) is 29.6 Å². The van der Waals surface area contributed by atoms with E-state index in [0.29, 0.717) is 32.6 Å². The molecule has 0 atom stereocenters. The molecular formula is C22H17BrFN7O3. The van der Waals surface area contributed by atoms with Crippen LogP contribution in [0.2, 0.25) is 0 Å². The zero-order valence-corrected chi connectivity index (χ0v) is 19.3. The molecule has 34 heavy (non-hydrogen) atoms. The van der Waals surface area contributed by atoms with Crippen LogP contribution in [0.5, 0.6) is 11.8 Å². The molecule has 1 aliphatic heterocycles. The molecule has 12 heteroatoms. The summed E-state index contributed by atoms with van der Waals surface area (Å²) in [4.78, 5) is 29.3. The summed E-state index contributed by atoms with van der Waals surface area (Å²) >= 11 is 3.58. The number of ether oxygens (including phenoxy) is 1. The molecular weight excluding hydrogens is 509 g/mol. The lowest BCUT2D eigenvalue weighted by Crippen LogP contribution is -2.26. The predicted octanol–water partition coefficient (Wildman–Crippen LogP) is 4.17. The van der Waals surface area contributed by atoms with Crippen LogP contribution in [-0.4, -0.2) is 53.7 Å². The number of benzene rings is 1. The van der Waals surface area contributed by atoms with Gasteiger partial charge in [0.05, 0.1) is 16.7 Å². The highest BCUT2D eigenvalue weighted by atomic mass is 79.9. The number of nitrogen functional groups attached to an aromatic ring is 1. The number of hydrogen-bond acceptors (Lipinski definition) is 7. The van der Waals surface area contributed by atoms with E-state index in [2.05, 4.69) is 35.9 Å². The number of anilines is 1. The van der Waals surface area contributed by atoms with E-state index < -0.39 is 11.9 Å². The lowest BCUT2D eigenvalue weighted by atomic mass is 10.2. The summed E-state index contributed by atoms with van der Waals surface area (Å²) in [5, 5.41) is 9.38. The van der Waals surface area contributed by atoms with Gasteiger partial charge in [-0.2, -0.15) is 0 Å². The Kier molecular flexibility index (Phi) is 5.36. The molecule has 0 radical (unpaired) electrons. The molecule has 172 valence electrons. The Bertz CT molecular complexity index is 1490. The van der Waals surface area contributed by atoms with E-state index in [4.69, 9.17) is 10.5 Å². The zero-order chi connectivity index (χ0) is 24.0. The first-order valence-electron chi connectivity index (χ1n) is 10.1. The maximum absolute atomic E-state index is 15.1. The van der Waals surface area contributed by atoms with Crippen molar-refractivity contribution in [3.63, 3.8) is 0 Å². The summed E-state index contributed by atoms with van der Waals surface area (Å²) < 4.78 is 23.0. The van der Waals surface area contributed by atoms with Crippen LogP contribution in [0.25, 0.3) is 22.3 Å². The quantitative estimate of drug-likeness (QED) is 0.405. The average Bonchev–Trinajstić information content (AvgIpc) is 3.39. The molecule has 3 N–H and O–H groups in total. The largest absolute Gasteiger partial charge is 0.465 e. The van der Waals surface area contributed by atoms with Crippen molar-refractivity contribution < 1.29 is 19.0 Å². The van der Waals surface area contributed by atoms with Crippen LogP contribution in [0, 0.1) is 12.7 Å². The van der Waals surface area contributed by atoms with Gasteiger partial charge in [-0.3, -0.25) is 0 Å². The molecule has 0 saturated carbocycles. The van der Waals surface area contributed by atoms with Crippen LogP contribution in [0.4, 0.5) is 15.0 Å². The normalized spacial score (nSPS) is 13.4. The van der Waals surface area contributed by atoms with Crippen LogP contribution in [-0.2, 0) is 0 Å². The minimum Gasteiger partial charge on any atom is -0.465 e. The Morgan fingerprint density at radius 1 is 1.26 bits per heavy atom. The van der Waals surface area contributed by atoms with Gasteiger partial charge in [0.2, 0.25) is 0 Å². The molecule has 1 aliphatic rings. The molecule has 0 saturated heterocycles. The number of rotatable bonds is 4. The summed E-state index contributed by atoms with van der Waals surface area (Å²) in [6.07, 6.45) is 3.63. The van der Waals surface area contributed by atoms with E-state index >= 15 is 4.39 Å². The van der Waals surface area contributed by atoms with Crippen molar-refractivity contribution in [3.8, 4) is 17.4 Å². The number of halogens is 2. The summed E-state index contributed by atoms with van der Waals surface area (Å²) in [6, 6.07) is 6.15. The SMILES string of the molecule is Cc1ccnc(Oc2ccc(-n3c(C4=CCN(C(=O)O)C4)c(Br)c4ncnc(N)c43)cc2F)n1. The van der Waals surface area contributed by atoms with E-state index in [9.17, 15) is 9.90 Å². The lowest BCUT2D eigenvalue weighted by Gasteiger charge is -2.15. The number of nitrogens with zero attached hydrogens (tertiary/aromatic N) is 6. The van der Waals surface area contributed by atoms with Crippen molar-refractivity contribution in [1.29, 1.82) is 0 Å². The highest BCUT2D eigenvalue weighted by molar-refractivity contribution is 9.10. The van der Waals surface area contributed by atoms with Gasteiger partial charge in [-0.1, -0.05) is 6.08 Å². The molecule has 0 fully saturated rings. The molecule has 0 bridgehead atoms. The fraction of sp³-hybridized carbons (Fsp3) is 0.136. The van der Waals surface area contributed by atoms with Crippen molar-refractivity contribution in [1.82, 2.24) is 29.4 Å². The molecule has 4 heterocycles. The van der Waals surface area contributed by atoms with Gasteiger partial charge in [0.25, 0.3) is 0 Å². The van der Waals surface area contributed by atoms with Crippen molar-refractivity contribution in [2.75, 3.05) is 18.8 Å². The summed E-state index contributed by atoms with van der Waals surface area (Å²) in [5.41, 5.74) is 9.62. The van der Waals surface area contributed by atoms with Gasteiger partial charge < -0.3 is 25.0 Å². The molecule has 1 aromatic carbocycles. The predicted molar refractivity (Wildman–Crippen MR) is 125 cm³/mol. The van der Waals surface area contributed by atoms with Crippen molar-refractivity contribution >= 4 is 44.4 Å². The Balaban J connectivity index is 1.63. The second-order valence-electron chi connectivity index (χ2n) is 7.54. The highest BCUT2D eigenvalue weighted by Gasteiger charge is 2.28. The minimum absolute atomic E-state index is 0.0315. The number of fused-ring (bicyclic) bond motifs is 1. The van der Waals surface area contributed by atoms with Gasteiger partial charge in [0, 0.05) is 30.2 Å². The van der Waals surface area contributed by atoms with Crippen molar-refractivity contribution in [3.05, 3.63) is 64.5 Å². The van der Waals surface area contributed by atoms with Gasteiger partial charge in [0.15, 0.2) is 17.4 Å². The maximum atomic E-state index is 15.1. The first-order valence-corrected chi connectivity index (χ1v) is 10.9. The van der Waals surface area contributed by atoms with Crippen LogP contribution < -0.4 is 10.5 Å². The standard InChI is InChI=1S/C22H17BrFN7O3/c1-11-4-6-26-21(29-11)34-15-3-2-13(8-14(15)24)31-18(12-5-7-30(9-12)22(32)33)16(23)17-19(31)20(25)28-10-27-17/h2-6,8,10H,7,9H2,1H3,(H,32,33)(H2,25,27,28). The smallest absolute Gasteiger partial charge is 0.407 e. The van der Waals surface area contributed by atoms with E-state index in [0.717, 1.165) is 5.57 Å². The van der Waals surface area contributed by atoms with Crippen molar-refractivity contribution in [2.24, 2.45) is 0 Å². The molecule has 0 spiro atoms. The first-order chi connectivity index (χ1) is 16.3. The van der Waals surface area contributed by atoms with Crippen LogP contribution in [0.15, 0.2) is 47.3 Å². The number of aryl methyl sites for hydroxylation is 1. The third-order valence-electron chi connectivity index (χ3n) is 5.36. The van der Waals surface area contributed by atoms with E-state index in [1.807, 2.05) is 0 Å². The molecule has 4 aromatic rings. The Morgan fingerprint density at radius 2 is 2.09 bits per heavy atom. The second-order valence-corrected chi connectivity index (χ2v) is 8.34. The van der Waals surface area contributed by atoms with Crippen molar-refractivity contribution in [2.45, 2.75) is 6.92 Å². The zero-order valence-electron chi connectivity index (χ0n) is 17.7. The van der Waals surface area contributed by atoms with Gasteiger partial charge in [0.1, 0.15) is 17.4 Å². The van der Waals surface area contributed by atoms with E-state index in [-0.39, 0.29) is 30.7 Å². The molecule has 10 nitrogen and oxygen atoms in total. The van der Waals surface area contributed by atoms with Crippen LogP contribution in [0.3, 0.4) is 0 Å². The van der Waals surface area contributed by atoms with Crippen LogP contribution in [0.1, 0.15) is 11.4 Å². The maximum Gasteiger partial charge on any atom is 0.407 e. The number of carbonyl (C=O) groups is 1. The number of carboxylic acid groups (broad SMARTS) is 1. The highest BCUT2D eigenvalue weighted by Crippen LogP contribution is 2.40. The number of aromatic nitrogens is 5. The van der Waals surface area contributed by atoms with Crippen LogP contribution >= 0.6 is 15.9 Å². The Hall–Kier alpha value is -4.06. The van der Waals surface area contributed by atoms with Gasteiger partial charge in [-0.05, 0) is 46.6 Å². The van der Waals surface area contributed by atoms with E-state index in [1.54, 1.807) is 29.7 Å². The molecule has 3 aromatic heterocycles. The molecule has 0 unspecified atom stereocenters. The number of amides is 1. The average molecular weight is 526 g/mol. The van der Waals surface area contributed by atoms with Gasteiger partial charge >= 0.3 is 12.1 Å². The minimum atomic E-state index is -1.03. The summed E-state index contributed by atoms with van der Waals surface area (Å²) in [5.74, 6) is -0.498. The number of hydrogen-bond donors (Lipinski definition) is 2. The fourth-order valence-electron chi connectivity index (χ4n) is 3.80. The fourth-order valence-corrected chi connectivity index (χ4v) is 4.52. The second kappa shape index (κ2) is 8.37. The number of nitrogens with two attached hydrogens (primary N) is 1. The topological polar surface area (TPSA) is 132 Å². The monoisotopic (exact) mass is 525 g/mol. The molecule has 1 amide bonds. The third kappa shape index (κ3) is 3.71. The summed E-state index contributed by atoms with van der Waals surface area (Å²) in [7, 11) is 0. The molecule has 0 aliphatic carbocycles. The Morgan fingerprint density at radius 3 is 2.79 bits per heavy atom. The molecule has 5 rings (SSSR count).